The molecule has 0 saturated carbocycles. The highest BCUT2D eigenvalue weighted by Crippen LogP contribution is 2.34. The number of rotatable bonds is 5. The maximum Gasteiger partial charge on any atom is 0.529 e. The minimum absolute atomic E-state index is 0.526. The van der Waals surface area contributed by atoms with Gasteiger partial charge in [0.05, 0.1) is 0 Å². The van der Waals surface area contributed by atoms with Crippen molar-refractivity contribution in [3.8, 4) is 0 Å². The van der Waals surface area contributed by atoms with E-state index in [0.29, 0.717) is 6.54 Å². The molecule has 92 valence electrons. The first-order valence-electron chi connectivity index (χ1n) is 5.75. The lowest BCUT2D eigenvalue weighted by atomic mass is 10.2. The summed E-state index contributed by atoms with van der Waals surface area (Å²) in [4.78, 5) is 9.39. The summed E-state index contributed by atoms with van der Waals surface area (Å²) in [5.74, 6) is -0.526. The molecule has 2 atom stereocenters. The van der Waals surface area contributed by atoms with Gasteiger partial charge in [0.15, 0.2) is 0 Å². The van der Waals surface area contributed by atoms with E-state index < -0.39 is 13.8 Å². The summed E-state index contributed by atoms with van der Waals surface area (Å²) in [7, 11) is -2.30. The minimum atomic E-state index is -2.30. The van der Waals surface area contributed by atoms with Crippen molar-refractivity contribution in [3.05, 3.63) is 71.8 Å². The lowest BCUT2D eigenvalue weighted by Crippen LogP contribution is -2.18. The largest absolute Gasteiger partial charge is 0.529 e. The summed E-state index contributed by atoms with van der Waals surface area (Å²) in [5, 5.41) is 3.12. The Kier molecular flexibility index (Phi) is 4.59. The lowest BCUT2D eigenvalue weighted by molar-refractivity contribution is 0.474. The van der Waals surface area contributed by atoms with E-state index in [0.717, 1.165) is 11.1 Å². The molecule has 0 radical (unpaired) electrons. The first kappa shape index (κ1) is 12.9. The number of benzene rings is 2. The van der Waals surface area contributed by atoms with Gasteiger partial charge < -0.3 is 0 Å². The van der Waals surface area contributed by atoms with E-state index in [9.17, 15) is 9.46 Å². The van der Waals surface area contributed by atoms with Crippen LogP contribution in [0, 0.1) is 0 Å². The zero-order chi connectivity index (χ0) is 12.8. The van der Waals surface area contributed by atoms with Crippen molar-refractivity contribution >= 4 is 8.03 Å². The van der Waals surface area contributed by atoms with Crippen LogP contribution in [0.2, 0.25) is 0 Å². The van der Waals surface area contributed by atoms with Crippen LogP contribution in [-0.4, -0.2) is 4.89 Å². The molecule has 2 rings (SSSR count). The van der Waals surface area contributed by atoms with Crippen LogP contribution in [0.4, 0.5) is 0 Å². The van der Waals surface area contributed by atoms with Crippen molar-refractivity contribution in [2.45, 2.75) is 12.3 Å². The van der Waals surface area contributed by atoms with Gasteiger partial charge in [-0.1, -0.05) is 60.7 Å². The molecule has 2 N–H and O–H groups in total. The molecule has 0 fully saturated rings. The second-order valence-electron chi connectivity index (χ2n) is 3.98. The molecule has 2 aromatic rings. The van der Waals surface area contributed by atoms with E-state index in [1.54, 1.807) is 0 Å². The summed E-state index contributed by atoms with van der Waals surface area (Å²) >= 11 is 0. The van der Waals surface area contributed by atoms with E-state index >= 15 is 0 Å². The Bertz CT molecular complexity index is 502. The summed E-state index contributed by atoms with van der Waals surface area (Å²) in [6.07, 6.45) is 0. The predicted molar refractivity (Wildman–Crippen MR) is 72.3 cm³/mol. The smallest absolute Gasteiger partial charge is 0.263 e. The molecular weight excluding hydrogens is 245 g/mol. The maximum absolute atomic E-state index is 11.4. The van der Waals surface area contributed by atoms with Gasteiger partial charge in [-0.2, -0.15) is 4.89 Å². The molecule has 0 amide bonds. The normalized spacial score (nSPS) is 13.1. The van der Waals surface area contributed by atoms with Gasteiger partial charge in [0.25, 0.3) is 5.78 Å². The van der Waals surface area contributed by atoms with Crippen molar-refractivity contribution in [2.75, 3.05) is 0 Å². The monoisotopic (exact) mass is 260 g/mol. The highest BCUT2D eigenvalue weighted by molar-refractivity contribution is 7.38. The van der Waals surface area contributed by atoms with Crippen molar-refractivity contribution in [3.63, 3.8) is 0 Å². The summed E-state index contributed by atoms with van der Waals surface area (Å²) in [6, 6.07) is 19.2. The summed E-state index contributed by atoms with van der Waals surface area (Å²) in [5.41, 5.74) is 1.92. The Hall–Kier alpha value is -1.54. The molecule has 0 aliphatic carbocycles. The van der Waals surface area contributed by atoms with Crippen LogP contribution in [0.25, 0.3) is 0 Å². The van der Waals surface area contributed by atoms with Crippen molar-refractivity contribution < 1.29 is 9.46 Å². The van der Waals surface area contributed by atoms with E-state index in [-0.39, 0.29) is 0 Å². The fourth-order valence-corrected chi connectivity index (χ4v) is 2.44. The average Bonchev–Trinajstić information content (AvgIpc) is 2.41. The van der Waals surface area contributed by atoms with Crippen LogP contribution < -0.4 is 5.32 Å². The highest BCUT2D eigenvalue weighted by Gasteiger charge is 2.29. The third kappa shape index (κ3) is 3.47. The summed E-state index contributed by atoms with van der Waals surface area (Å²) in [6.45, 7) is 0.571. The molecule has 18 heavy (non-hydrogen) atoms. The maximum atomic E-state index is 11.4. The van der Waals surface area contributed by atoms with Gasteiger partial charge in [0.1, 0.15) is 0 Å². The van der Waals surface area contributed by atoms with Gasteiger partial charge in [-0.15, -0.1) is 0 Å². The van der Waals surface area contributed by atoms with Gasteiger partial charge in [-0.05, 0) is 10.1 Å². The van der Waals surface area contributed by atoms with Crippen LogP contribution >= 0.6 is 8.03 Å². The van der Waals surface area contributed by atoms with E-state index in [4.69, 9.17) is 0 Å². The number of nitrogens with one attached hydrogen (secondary N) is 1. The Morgan fingerprint density at radius 3 is 2.11 bits per heavy atom. The molecule has 0 aliphatic heterocycles. The Morgan fingerprint density at radius 2 is 1.56 bits per heavy atom. The third-order valence-electron chi connectivity index (χ3n) is 2.68. The molecular formula is C14H15NO2P+. The van der Waals surface area contributed by atoms with Crippen molar-refractivity contribution in [2.24, 2.45) is 0 Å². The van der Waals surface area contributed by atoms with Crippen LogP contribution in [0.3, 0.4) is 0 Å². The molecule has 3 nitrogen and oxygen atoms in total. The van der Waals surface area contributed by atoms with Crippen LogP contribution in [-0.2, 0) is 11.1 Å². The highest BCUT2D eigenvalue weighted by atomic mass is 31.1. The second kappa shape index (κ2) is 6.41. The van der Waals surface area contributed by atoms with E-state index in [2.05, 4.69) is 5.32 Å². The van der Waals surface area contributed by atoms with Crippen molar-refractivity contribution in [1.29, 1.82) is 0 Å². The Morgan fingerprint density at radius 1 is 1.00 bits per heavy atom. The second-order valence-corrected chi connectivity index (χ2v) is 5.10. The van der Waals surface area contributed by atoms with Gasteiger partial charge in [-0.25, -0.2) is 0 Å². The molecule has 2 unspecified atom stereocenters. The van der Waals surface area contributed by atoms with Gasteiger partial charge >= 0.3 is 8.03 Å². The predicted octanol–water partition coefficient (Wildman–Crippen LogP) is 3.21. The fraction of sp³-hybridized carbons (Fsp3) is 0.143. The van der Waals surface area contributed by atoms with E-state index in [1.807, 2.05) is 60.7 Å². The molecule has 0 spiro atoms. The molecule has 0 saturated heterocycles. The van der Waals surface area contributed by atoms with Crippen LogP contribution in [0.1, 0.15) is 16.9 Å². The quantitative estimate of drug-likeness (QED) is 0.811. The molecule has 0 bridgehead atoms. The number of hydrogen-bond acceptors (Lipinski definition) is 2. The first-order chi connectivity index (χ1) is 8.77. The average molecular weight is 260 g/mol. The van der Waals surface area contributed by atoms with Crippen LogP contribution in [0.15, 0.2) is 60.7 Å². The van der Waals surface area contributed by atoms with E-state index in [1.165, 1.54) is 0 Å². The SMILES string of the molecule is O=[P+](O)C(NCc1ccccc1)c1ccccc1. The molecule has 2 aromatic carbocycles. The zero-order valence-electron chi connectivity index (χ0n) is 9.86. The number of hydrogen-bond donors (Lipinski definition) is 2. The lowest BCUT2D eigenvalue weighted by Gasteiger charge is -2.08. The zero-order valence-corrected chi connectivity index (χ0v) is 10.8. The first-order valence-corrected chi connectivity index (χ1v) is 7.03. The fourth-order valence-electron chi connectivity index (χ4n) is 1.77. The molecule has 0 heterocycles. The molecule has 4 heteroatoms. The van der Waals surface area contributed by atoms with Gasteiger partial charge in [0, 0.05) is 12.1 Å². The topological polar surface area (TPSA) is 49.3 Å². The standard InChI is InChI=1S/C14H14NO2P/c16-18(17)14(13-9-5-2-6-10-13)15-11-12-7-3-1-4-8-12/h1-10,14-15H,11H2/p+1. The molecule has 0 aliphatic rings. The van der Waals surface area contributed by atoms with Crippen LogP contribution in [0.5, 0.6) is 0 Å². The third-order valence-corrected chi connectivity index (χ3v) is 3.60. The summed E-state index contributed by atoms with van der Waals surface area (Å²) < 4.78 is 11.4. The Labute approximate surface area is 107 Å². The minimum Gasteiger partial charge on any atom is -0.263 e. The Balaban J connectivity index is 2.06. The van der Waals surface area contributed by atoms with Gasteiger partial charge in [-0.3, -0.25) is 5.32 Å². The van der Waals surface area contributed by atoms with Crippen molar-refractivity contribution in [1.82, 2.24) is 5.32 Å². The van der Waals surface area contributed by atoms with Gasteiger partial charge in [0.2, 0.25) is 0 Å². The molecule has 0 aromatic heterocycles.